The zero-order chi connectivity index (χ0) is 10.6. The molecule has 3 unspecified atom stereocenters. The van der Waals surface area contributed by atoms with Crippen LogP contribution in [0.2, 0.25) is 0 Å². The number of hydrogen-bond acceptors (Lipinski definition) is 2. The molecule has 1 saturated heterocycles. The van der Waals surface area contributed by atoms with Crippen molar-refractivity contribution in [1.82, 2.24) is 0 Å². The summed E-state index contributed by atoms with van der Waals surface area (Å²) in [5, 5.41) is 0. The van der Waals surface area contributed by atoms with Gasteiger partial charge in [0, 0.05) is 6.04 Å². The van der Waals surface area contributed by atoms with E-state index >= 15 is 0 Å². The van der Waals surface area contributed by atoms with Gasteiger partial charge in [0.25, 0.3) is 0 Å². The molecule has 1 aliphatic rings. The maximum Gasteiger partial charge on any atom is 0.0730 e. The molecule has 0 aliphatic carbocycles. The van der Waals surface area contributed by atoms with E-state index in [0.29, 0.717) is 12.2 Å². The highest BCUT2D eigenvalue weighted by Crippen LogP contribution is 2.25. The van der Waals surface area contributed by atoms with Gasteiger partial charge in [-0.2, -0.15) is 0 Å². The van der Waals surface area contributed by atoms with Crippen LogP contribution in [-0.2, 0) is 4.74 Å². The molecular formula is C12H25NO. The fourth-order valence-corrected chi connectivity index (χ4v) is 2.31. The summed E-state index contributed by atoms with van der Waals surface area (Å²) in [5.74, 6) is 0.782. The summed E-state index contributed by atoms with van der Waals surface area (Å²) < 4.78 is 5.79. The van der Waals surface area contributed by atoms with E-state index < -0.39 is 0 Å². The second kappa shape index (κ2) is 5.72. The average Bonchev–Trinajstić information content (AvgIpc) is 2.61. The first-order valence-corrected chi connectivity index (χ1v) is 6.08. The van der Waals surface area contributed by atoms with Gasteiger partial charge in [-0.25, -0.2) is 0 Å². The molecule has 3 atom stereocenters. The van der Waals surface area contributed by atoms with Crippen molar-refractivity contribution in [2.24, 2.45) is 11.7 Å². The van der Waals surface area contributed by atoms with Gasteiger partial charge in [0.1, 0.15) is 0 Å². The molecule has 0 bridgehead atoms. The first kappa shape index (κ1) is 12.0. The Balaban J connectivity index is 2.30. The van der Waals surface area contributed by atoms with E-state index in [9.17, 15) is 0 Å². The van der Waals surface area contributed by atoms with Crippen LogP contribution in [-0.4, -0.2) is 18.2 Å². The van der Waals surface area contributed by atoms with Gasteiger partial charge in [-0.05, 0) is 32.1 Å². The van der Waals surface area contributed by atoms with Crippen molar-refractivity contribution in [1.29, 1.82) is 0 Å². The van der Waals surface area contributed by atoms with Crippen molar-refractivity contribution >= 4 is 0 Å². The molecular weight excluding hydrogens is 174 g/mol. The van der Waals surface area contributed by atoms with Gasteiger partial charge in [-0.15, -0.1) is 0 Å². The predicted molar refractivity (Wildman–Crippen MR) is 60.2 cm³/mol. The van der Waals surface area contributed by atoms with Crippen LogP contribution < -0.4 is 5.73 Å². The first-order chi connectivity index (χ1) is 6.67. The Kier molecular flexibility index (Phi) is 4.90. The van der Waals surface area contributed by atoms with E-state index in [0.717, 1.165) is 18.8 Å². The molecule has 2 heteroatoms. The number of hydrogen-bond donors (Lipinski definition) is 1. The molecule has 0 aromatic heterocycles. The second-order valence-electron chi connectivity index (χ2n) is 4.64. The summed E-state index contributed by atoms with van der Waals surface area (Å²) in [7, 11) is 0. The van der Waals surface area contributed by atoms with Crippen molar-refractivity contribution in [2.45, 2.75) is 71.1 Å². The number of rotatable bonds is 5. The van der Waals surface area contributed by atoms with Crippen molar-refractivity contribution < 1.29 is 4.74 Å². The highest BCUT2D eigenvalue weighted by molar-refractivity contribution is 4.81. The Hall–Kier alpha value is -0.0800. The van der Waals surface area contributed by atoms with Crippen LogP contribution in [0.25, 0.3) is 0 Å². The third-order valence-electron chi connectivity index (χ3n) is 3.50. The van der Waals surface area contributed by atoms with Crippen LogP contribution in [0, 0.1) is 5.92 Å². The monoisotopic (exact) mass is 199 g/mol. The van der Waals surface area contributed by atoms with E-state index in [-0.39, 0.29) is 6.04 Å². The van der Waals surface area contributed by atoms with Gasteiger partial charge in [0.2, 0.25) is 0 Å². The highest BCUT2D eigenvalue weighted by Gasteiger charge is 2.28. The first-order valence-electron chi connectivity index (χ1n) is 6.08. The molecule has 2 N–H and O–H groups in total. The SMILES string of the molecule is CCC(CC)CC(N)C1CCC(C)O1. The lowest BCUT2D eigenvalue weighted by atomic mass is 9.92. The Morgan fingerprint density at radius 1 is 1.29 bits per heavy atom. The fourth-order valence-electron chi connectivity index (χ4n) is 2.31. The van der Waals surface area contributed by atoms with Crippen molar-refractivity contribution in [3.05, 3.63) is 0 Å². The molecule has 0 radical (unpaired) electrons. The number of ether oxygens (including phenoxy) is 1. The Morgan fingerprint density at radius 2 is 1.93 bits per heavy atom. The van der Waals surface area contributed by atoms with Crippen LogP contribution in [0.1, 0.15) is 52.9 Å². The largest absolute Gasteiger partial charge is 0.374 e. The van der Waals surface area contributed by atoms with Crippen LogP contribution in [0.4, 0.5) is 0 Å². The summed E-state index contributed by atoms with van der Waals surface area (Å²) >= 11 is 0. The van der Waals surface area contributed by atoms with Gasteiger partial charge in [0.05, 0.1) is 12.2 Å². The van der Waals surface area contributed by atoms with Crippen LogP contribution >= 0.6 is 0 Å². The Bertz CT molecular complexity index is 156. The maximum atomic E-state index is 6.17. The molecule has 1 aliphatic heterocycles. The van der Waals surface area contributed by atoms with E-state index in [2.05, 4.69) is 20.8 Å². The van der Waals surface area contributed by atoms with Gasteiger partial charge in [0.15, 0.2) is 0 Å². The number of nitrogens with two attached hydrogens (primary N) is 1. The minimum absolute atomic E-state index is 0.254. The summed E-state index contributed by atoms with van der Waals surface area (Å²) in [6, 6.07) is 0.254. The fraction of sp³-hybridized carbons (Fsp3) is 1.00. The molecule has 14 heavy (non-hydrogen) atoms. The minimum Gasteiger partial charge on any atom is -0.374 e. The topological polar surface area (TPSA) is 35.2 Å². The predicted octanol–water partition coefficient (Wildman–Crippen LogP) is 2.71. The molecule has 1 rings (SSSR count). The van der Waals surface area contributed by atoms with Crippen LogP contribution in [0.3, 0.4) is 0 Å². The third kappa shape index (κ3) is 3.25. The zero-order valence-corrected chi connectivity index (χ0v) is 9.83. The van der Waals surface area contributed by atoms with Gasteiger partial charge in [-0.3, -0.25) is 0 Å². The average molecular weight is 199 g/mol. The quantitative estimate of drug-likeness (QED) is 0.739. The summed E-state index contributed by atoms with van der Waals surface area (Å²) in [4.78, 5) is 0. The van der Waals surface area contributed by atoms with Gasteiger partial charge < -0.3 is 10.5 Å². The highest BCUT2D eigenvalue weighted by atomic mass is 16.5. The molecule has 0 amide bonds. The maximum absolute atomic E-state index is 6.17. The summed E-state index contributed by atoms with van der Waals surface area (Å²) in [6.45, 7) is 6.64. The molecule has 0 saturated carbocycles. The molecule has 0 aromatic carbocycles. The van der Waals surface area contributed by atoms with Crippen molar-refractivity contribution in [3.63, 3.8) is 0 Å². The molecule has 84 valence electrons. The minimum atomic E-state index is 0.254. The third-order valence-corrected chi connectivity index (χ3v) is 3.50. The van der Waals surface area contributed by atoms with E-state index in [1.165, 1.54) is 19.3 Å². The van der Waals surface area contributed by atoms with E-state index in [1.807, 2.05) is 0 Å². The van der Waals surface area contributed by atoms with Crippen molar-refractivity contribution in [2.75, 3.05) is 0 Å². The van der Waals surface area contributed by atoms with Gasteiger partial charge >= 0.3 is 0 Å². The molecule has 1 fully saturated rings. The molecule has 2 nitrogen and oxygen atoms in total. The molecule has 0 aromatic rings. The Labute approximate surface area is 88.2 Å². The lowest BCUT2D eigenvalue weighted by molar-refractivity contribution is 0.0350. The molecule has 0 spiro atoms. The Morgan fingerprint density at radius 3 is 2.36 bits per heavy atom. The smallest absolute Gasteiger partial charge is 0.0730 e. The van der Waals surface area contributed by atoms with E-state index in [4.69, 9.17) is 10.5 Å². The standard InChI is InChI=1S/C12H25NO/c1-4-10(5-2)8-11(13)12-7-6-9(3)14-12/h9-12H,4-8,13H2,1-3H3. The zero-order valence-electron chi connectivity index (χ0n) is 9.83. The van der Waals surface area contributed by atoms with Crippen LogP contribution in [0.15, 0.2) is 0 Å². The van der Waals surface area contributed by atoms with Crippen molar-refractivity contribution in [3.8, 4) is 0 Å². The second-order valence-corrected chi connectivity index (χ2v) is 4.64. The normalized spacial score (nSPS) is 29.8. The van der Waals surface area contributed by atoms with Crippen LogP contribution in [0.5, 0.6) is 0 Å². The van der Waals surface area contributed by atoms with Gasteiger partial charge in [-0.1, -0.05) is 26.7 Å². The lowest BCUT2D eigenvalue weighted by Gasteiger charge is -2.23. The van der Waals surface area contributed by atoms with E-state index in [1.54, 1.807) is 0 Å². The lowest BCUT2D eigenvalue weighted by Crippen LogP contribution is -2.36. The molecule has 1 heterocycles. The summed E-state index contributed by atoms with van der Waals surface area (Å²) in [5.41, 5.74) is 6.17. The summed E-state index contributed by atoms with van der Waals surface area (Å²) in [6.07, 6.45) is 6.70.